The molecule has 0 amide bonds. The van der Waals surface area contributed by atoms with Gasteiger partial charge in [0, 0.05) is 28.4 Å². The van der Waals surface area contributed by atoms with Crippen molar-refractivity contribution < 1.29 is 5.11 Å². The lowest BCUT2D eigenvalue weighted by atomic mass is 10.1. The average Bonchev–Trinajstić information content (AvgIpc) is 2.58. The Bertz CT molecular complexity index is 771. The molecule has 0 aliphatic rings. The molecule has 116 valence electrons. The van der Waals surface area contributed by atoms with E-state index < -0.39 is 6.10 Å². The van der Waals surface area contributed by atoms with Crippen molar-refractivity contribution in [3.63, 3.8) is 0 Å². The number of nitrogens with two attached hydrogens (primary N) is 1. The van der Waals surface area contributed by atoms with Crippen LogP contribution >= 0.6 is 11.8 Å². The minimum atomic E-state index is -0.517. The molecule has 3 N–H and O–H groups in total. The summed E-state index contributed by atoms with van der Waals surface area (Å²) in [5.41, 5.74) is 7.94. The molecule has 1 unspecified atom stereocenters. The van der Waals surface area contributed by atoms with Crippen molar-refractivity contribution >= 4 is 17.6 Å². The Labute approximate surface area is 138 Å². The van der Waals surface area contributed by atoms with Crippen LogP contribution in [0.25, 0.3) is 11.4 Å². The molecule has 0 bridgehead atoms. The number of hydrogen-bond donors (Lipinski definition) is 2. The Balaban J connectivity index is 1.75. The average molecular weight is 324 g/mol. The first-order valence-corrected chi connectivity index (χ1v) is 7.93. The van der Waals surface area contributed by atoms with Crippen molar-refractivity contribution in [2.75, 3.05) is 5.73 Å². The number of hydrogen-bond acceptors (Lipinski definition) is 6. The number of nitrogen functional groups attached to an aromatic ring is 1. The molecule has 3 aromatic heterocycles. The lowest BCUT2D eigenvalue weighted by molar-refractivity contribution is 0.199. The van der Waals surface area contributed by atoms with Crippen LogP contribution in [0.15, 0.2) is 64.8 Å². The van der Waals surface area contributed by atoms with Gasteiger partial charge in [0.2, 0.25) is 0 Å². The fraction of sp³-hybridized carbons (Fsp3) is 0.118. The first-order valence-electron chi connectivity index (χ1n) is 7.11. The second-order valence-electron chi connectivity index (χ2n) is 5.05. The number of rotatable bonds is 4. The molecule has 1 atom stereocenters. The van der Waals surface area contributed by atoms with Gasteiger partial charge >= 0.3 is 0 Å². The van der Waals surface area contributed by atoms with Crippen molar-refractivity contribution in [1.82, 2.24) is 15.0 Å². The van der Waals surface area contributed by atoms with Gasteiger partial charge in [0.05, 0.1) is 17.5 Å². The van der Waals surface area contributed by atoms with E-state index in [1.54, 1.807) is 43.3 Å². The fourth-order valence-corrected chi connectivity index (χ4v) is 2.74. The number of pyridine rings is 3. The molecular weight excluding hydrogens is 308 g/mol. The Morgan fingerprint density at radius 2 is 1.48 bits per heavy atom. The van der Waals surface area contributed by atoms with Crippen LogP contribution in [-0.2, 0) is 0 Å². The summed E-state index contributed by atoms with van der Waals surface area (Å²) < 4.78 is 0. The molecule has 0 radical (unpaired) electrons. The standard InChI is InChI=1S/C17H16N4OS/c1-11(22)12-2-5-15(19-8-12)16-6-3-13(9-20-16)23-14-4-7-17(18)21-10-14/h2-11,22H,1H3,(H2,18,21). The lowest BCUT2D eigenvalue weighted by Gasteiger charge is -2.06. The predicted octanol–water partition coefficient (Wildman–Crippen LogP) is 3.33. The molecule has 0 aliphatic carbocycles. The highest BCUT2D eigenvalue weighted by molar-refractivity contribution is 7.99. The van der Waals surface area contributed by atoms with E-state index in [-0.39, 0.29) is 0 Å². The van der Waals surface area contributed by atoms with Crippen LogP contribution in [0.5, 0.6) is 0 Å². The number of aliphatic hydroxyl groups excluding tert-OH is 1. The van der Waals surface area contributed by atoms with Gasteiger partial charge in [-0.15, -0.1) is 0 Å². The monoisotopic (exact) mass is 324 g/mol. The number of nitrogens with zero attached hydrogens (tertiary/aromatic N) is 3. The summed E-state index contributed by atoms with van der Waals surface area (Å²) in [6.07, 6.45) is 4.70. The Morgan fingerprint density at radius 3 is 1.96 bits per heavy atom. The third kappa shape index (κ3) is 3.85. The molecule has 23 heavy (non-hydrogen) atoms. The van der Waals surface area contributed by atoms with E-state index in [4.69, 9.17) is 5.73 Å². The van der Waals surface area contributed by atoms with Crippen molar-refractivity contribution in [3.8, 4) is 11.4 Å². The molecule has 0 aliphatic heterocycles. The van der Waals surface area contributed by atoms with Gasteiger partial charge in [0.15, 0.2) is 0 Å². The maximum absolute atomic E-state index is 9.51. The van der Waals surface area contributed by atoms with Crippen LogP contribution in [-0.4, -0.2) is 20.1 Å². The van der Waals surface area contributed by atoms with Crippen molar-refractivity contribution in [2.24, 2.45) is 0 Å². The molecule has 0 spiro atoms. The van der Waals surface area contributed by atoms with Gasteiger partial charge in [-0.3, -0.25) is 9.97 Å². The van der Waals surface area contributed by atoms with E-state index in [2.05, 4.69) is 15.0 Å². The summed E-state index contributed by atoms with van der Waals surface area (Å²) in [5.74, 6) is 0.509. The number of aromatic nitrogens is 3. The highest BCUT2D eigenvalue weighted by atomic mass is 32.2. The smallest absolute Gasteiger partial charge is 0.123 e. The van der Waals surface area contributed by atoms with Crippen LogP contribution in [0.3, 0.4) is 0 Å². The molecule has 3 rings (SSSR count). The highest BCUT2D eigenvalue weighted by Gasteiger charge is 2.05. The van der Waals surface area contributed by atoms with E-state index in [9.17, 15) is 5.11 Å². The molecule has 3 aromatic rings. The van der Waals surface area contributed by atoms with Crippen LogP contribution in [0.2, 0.25) is 0 Å². The molecule has 5 nitrogen and oxygen atoms in total. The molecule has 0 aromatic carbocycles. The SMILES string of the molecule is CC(O)c1ccc(-c2ccc(Sc3ccc(N)nc3)cn2)nc1. The summed E-state index contributed by atoms with van der Waals surface area (Å²) >= 11 is 1.57. The predicted molar refractivity (Wildman–Crippen MR) is 90.9 cm³/mol. The Morgan fingerprint density at radius 1 is 0.870 bits per heavy atom. The summed E-state index contributed by atoms with van der Waals surface area (Å²) in [6, 6.07) is 11.3. The normalized spacial score (nSPS) is 12.1. The first kappa shape index (κ1) is 15.5. The van der Waals surface area contributed by atoms with Crippen LogP contribution in [0, 0.1) is 0 Å². The molecule has 0 saturated heterocycles. The molecule has 0 saturated carbocycles. The minimum Gasteiger partial charge on any atom is -0.389 e. The molecule has 3 heterocycles. The van der Waals surface area contributed by atoms with Gasteiger partial charge in [0.1, 0.15) is 5.82 Å². The zero-order valence-electron chi connectivity index (χ0n) is 12.5. The number of anilines is 1. The van der Waals surface area contributed by atoms with Gasteiger partial charge in [-0.25, -0.2) is 4.98 Å². The topological polar surface area (TPSA) is 84.9 Å². The highest BCUT2D eigenvalue weighted by Crippen LogP contribution is 2.28. The lowest BCUT2D eigenvalue weighted by Crippen LogP contribution is -1.94. The second kappa shape index (κ2) is 6.76. The van der Waals surface area contributed by atoms with Gasteiger partial charge < -0.3 is 10.8 Å². The largest absolute Gasteiger partial charge is 0.389 e. The second-order valence-corrected chi connectivity index (χ2v) is 6.20. The van der Waals surface area contributed by atoms with Crippen molar-refractivity contribution in [2.45, 2.75) is 22.8 Å². The van der Waals surface area contributed by atoms with E-state index in [0.29, 0.717) is 5.82 Å². The maximum atomic E-state index is 9.51. The first-order chi connectivity index (χ1) is 11.1. The van der Waals surface area contributed by atoms with Gasteiger partial charge in [0.25, 0.3) is 0 Å². The molecule has 0 fully saturated rings. The maximum Gasteiger partial charge on any atom is 0.123 e. The summed E-state index contributed by atoms with van der Waals surface area (Å²) in [5, 5.41) is 9.51. The van der Waals surface area contributed by atoms with Gasteiger partial charge in [-0.1, -0.05) is 17.8 Å². The van der Waals surface area contributed by atoms with Gasteiger partial charge in [-0.05, 0) is 42.8 Å². The third-order valence-electron chi connectivity index (χ3n) is 3.26. The van der Waals surface area contributed by atoms with Crippen molar-refractivity contribution in [1.29, 1.82) is 0 Å². The van der Waals surface area contributed by atoms with Crippen LogP contribution in [0.4, 0.5) is 5.82 Å². The molecular formula is C17H16N4OS. The Kier molecular flexibility index (Phi) is 4.55. The van der Waals surface area contributed by atoms with E-state index in [0.717, 1.165) is 26.7 Å². The zero-order chi connectivity index (χ0) is 16.2. The summed E-state index contributed by atoms with van der Waals surface area (Å²) in [7, 11) is 0. The zero-order valence-corrected chi connectivity index (χ0v) is 13.4. The van der Waals surface area contributed by atoms with Crippen molar-refractivity contribution in [3.05, 3.63) is 60.6 Å². The number of aliphatic hydroxyl groups is 1. The Hall–Kier alpha value is -2.44. The van der Waals surface area contributed by atoms with Gasteiger partial charge in [-0.2, -0.15) is 0 Å². The quantitative estimate of drug-likeness (QED) is 0.766. The fourth-order valence-electron chi connectivity index (χ4n) is 1.98. The minimum absolute atomic E-state index is 0.509. The van der Waals surface area contributed by atoms with Crippen LogP contribution in [0.1, 0.15) is 18.6 Å². The van der Waals surface area contributed by atoms with E-state index in [1.807, 2.05) is 30.3 Å². The van der Waals surface area contributed by atoms with Crippen LogP contribution < -0.4 is 5.73 Å². The van der Waals surface area contributed by atoms with E-state index >= 15 is 0 Å². The molecule has 6 heteroatoms. The van der Waals surface area contributed by atoms with E-state index in [1.165, 1.54) is 0 Å². The third-order valence-corrected chi connectivity index (χ3v) is 4.22. The summed E-state index contributed by atoms with van der Waals surface area (Å²) in [6.45, 7) is 1.72. The summed E-state index contributed by atoms with van der Waals surface area (Å²) in [4.78, 5) is 14.9.